The van der Waals surface area contributed by atoms with Crippen LogP contribution in [0, 0.1) is 0 Å². The predicted molar refractivity (Wildman–Crippen MR) is 109 cm³/mol. The molecule has 8 nitrogen and oxygen atoms in total. The van der Waals surface area contributed by atoms with Crippen LogP contribution in [0.25, 0.3) is 0 Å². The van der Waals surface area contributed by atoms with E-state index in [2.05, 4.69) is 5.32 Å². The quantitative estimate of drug-likeness (QED) is 0.675. The third-order valence-corrected chi connectivity index (χ3v) is 6.52. The Morgan fingerprint density at radius 3 is 2.60 bits per heavy atom. The third-order valence-electron chi connectivity index (χ3n) is 6.52. The molecule has 3 fully saturated rings. The Kier molecular flexibility index (Phi) is 5.79. The Hall–Kier alpha value is -2.45. The smallest absolute Gasteiger partial charge is 0.328 e. The van der Waals surface area contributed by atoms with Crippen molar-refractivity contribution in [1.29, 1.82) is 0 Å². The fraction of sp³-hybridized carbons (Fsp3) is 0.591. The molecule has 3 atom stereocenters. The van der Waals surface area contributed by atoms with Gasteiger partial charge in [-0.3, -0.25) is 9.59 Å². The van der Waals surface area contributed by atoms with Gasteiger partial charge in [0.25, 0.3) is 0 Å². The molecule has 30 heavy (non-hydrogen) atoms. The summed E-state index contributed by atoms with van der Waals surface area (Å²) in [6, 6.07) is 8.33. The number of carbonyl (C=O) groups is 3. The number of methoxy groups -OCH3 is 2. The number of piperazine rings is 1. The van der Waals surface area contributed by atoms with E-state index < -0.39 is 23.6 Å². The molecule has 162 valence electrons. The molecule has 4 rings (SSSR count). The summed E-state index contributed by atoms with van der Waals surface area (Å²) in [6.45, 7) is 1.44. The van der Waals surface area contributed by atoms with E-state index in [4.69, 9.17) is 9.47 Å². The number of ether oxygens (including phenoxy) is 2. The number of hydrogen-bond acceptors (Lipinski definition) is 6. The first-order valence-electron chi connectivity index (χ1n) is 10.5. The molecule has 2 aliphatic heterocycles. The summed E-state index contributed by atoms with van der Waals surface area (Å²) >= 11 is 0. The highest BCUT2D eigenvalue weighted by atomic mass is 16.5. The van der Waals surface area contributed by atoms with Crippen molar-refractivity contribution in [2.24, 2.45) is 0 Å². The Labute approximate surface area is 176 Å². The highest BCUT2D eigenvalue weighted by molar-refractivity contribution is 5.96. The summed E-state index contributed by atoms with van der Waals surface area (Å²) in [4.78, 5) is 42.6. The molecule has 3 aliphatic rings. The Morgan fingerprint density at radius 2 is 1.97 bits per heavy atom. The number of carbonyl (C=O) groups excluding carboxylic acids is 3. The number of rotatable bonds is 6. The minimum atomic E-state index is -0.696. The van der Waals surface area contributed by atoms with Gasteiger partial charge in [0, 0.05) is 39.6 Å². The number of amides is 2. The summed E-state index contributed by atoms with van der Waals surface area (Å²) < 4.78 is 10.4. The van der Waals surface area contributed by atoms with Crippen molar-refractivity contribution in [3.63, 3.8) is 0 Å². The first-order chi connectivity index (χ1) is 14.5. The minimum absolute atomic E-state index is 0.0138. The first-order valence-corrected chi connectivity index (χ1v) is 10.5. The first kappa shape index (κ1) is 20.8. The molecule has 1 saturated carbocycles. The number of hydrogen-bond donors (Lipinski definition) is 1. The van der Waals surface area contributed by atoms with Crippen LogP contribution < -0.4 is 5.32 Å². The molecule has 1 N–H and O–H groups in total. The van der Waals surface area contributed by atoms with Gasteiger partial charge in [-0.1, -0.05) is 30.3 Å². The highest BCUT2D eigenvalue weighted by Crippen LogP contribution is 2.39. The van der Waals surface area contributed by atoms with Gasteiger partial charge in [0.1, 0.15) is 12.1 Å². The highest BCUT2D eigenvalue weighted by Gasteiger charge is 2.55. The van der Waals surface area contributed by atoms with Crippen molar-refractivity contribution in [3.8, 4) is 0 Å². The summed E-state index contributed by atoms with van der Waals surface area (Å²) in [5, 5.41) is 3.32. The molecule has 1 aromatic carbocycles. The van der Waals surface area contributed by atoms with Crippen LogP contribution in [-0.4, -0.2) is 85.2 Å². The topological polar surface area (TPSA) is 88.2 Å². The van der Waals surface area contributed by atoms with Crippen LogP contribution in [0.5, 0.6) is 0 Å². The average molecular weight is 415 g/mol. The van der Waals surface area contributed by atoms with Gasteiger partial charge >= 0.3 is 5.97 Å². The van der Waals surface area contributed by atoms with E-state index in [-0.39, 0.29) is 17.9 Å². The van der Waals surface area contributed by atoms with Gasteiger partial charge < -0.3 is 24.6 Å². The van der Waals surface area contributed by atoms with Gasteiger partial charge in [0.2, 0.25) is 11.8 Å². The van der Waals surface area contributed by atoms with Gasteiger partial charge in [-0.2, -0.15) is 0 Å². The van der Waals surface area contributed by atoms with Crippen molar-refractivity contribution < 1.29 is 23.9 Å². The fourth-order valence-electron chi connectivity index (χ4n) is 4.61. The Bertz CT molecular complexity index is 810. The normalized spacial score (nSPS) is 26.0. The third kappa shape index (κ3) is 3.81. The van der Waals surface area contributed by atoms with Crippen LogP contribution in [0.4, 0.5) is 0 Å². The van der Waals surface area contributed by atoms with E-state index in [0.717, 1.165) is 18.4 Å². The lowest BCUT2D eigenvalue weighted by molar-refractivity contribution is -0.155. The molecule has 8 heteroatoms. The van der Waals surface area contributed by atoms with E-state index in [1.165, 1.54) is 7.11 Å². The number of nitrogens with zero attached hydrogens (tertiary/aromatic N) is 2. The second kappa shape index (κ2) is 8.35. The van der Waals surface area contributed by atoms with E-state index in [1.807, 2.05) is 30.3 Å². The average Bonchev–Trinajstić information content (AvgIpc) is 3.42. The molecule has 2 saturated heterocycles. The maximum atomic E-state index is 13.8. The fourth-order valence-corrected chi connectivity index (χ4v) is 4.61. The second-order valence-corrected chi connectivity index (χ2v) is 8.34. The SMILES string of the molecule is COC(=O)[C@@H]1CC(OC)CN1C(=O)[C@H](Cc1ccccc1)N1CCNC2(CC2)C1=O. The largest absolute Gasteiger partial charge is 0.467 e. The minimum Gasteiger partial charge on any atom is -0.467 e. The summed E-state index contributed by atoms with van der Waals surface area (Å²) in [7, 11) is 2.90. The van der Waals surface area contributed by atoms with Crippen molar-refractivity contribution in [2.45, 2.75) is 49.4 Å². The molecule has 1 aromatic rings. The molecular formula is C22H29N3O5. The van der Waals surface area contributed by atoms with Crippen LogP contribution in [0.15, 0.2) is 30.3 Å². The molecule has 1 unspecified atom stereocenters. The van der Waals surface area contributed by atoms with Gasteiger partial charge in [0.15, 0.2) is 0 Å². The van der Waals surface area contributed by atoms with Crippen molar-refractivity contribution in [3.05, 3.63) is 35.9 Å². The lowest BCUT2D eigenvalue weighted by atomic mass is 10.00. The van der Waals surface area contributed by atoms with Crippen LogP contribution >= 0.6 is 0 Å². The molecule has 0 bridgehead atoms. The van der Waals surface area contributed by atoms with Crippen LogP contribution in [0.1, 0.15) is 24.8 Å². The molecular weight excluding hydrogens is 386 g/mol. The number of likely N-dealkylation sites (tertiary alicyclic amines) is 1. The standard InChI is InChI=1S/C22H29N3O5/c1-29-16-13-18(20(27)30-2)25(14-16)19(26)17(12-15-6-4-3-5-7-15)24-11-10-23-22(8-9-22)21(24)28/h3-7,16-18,23H,8-14H2,1-2H3/t16?,17-,18-/m0/s1. The molecule has 1 spiro atoms. The van der Waals surface area contributed by atoms with Crippen LogP contribution in [0.2, 0.25) is 0 Å². The van der Waals surface area contributed by atoms with E-state index in [9.17, 15) is 14.4 Å². The van der Waals surface area contributed by atoms with Crippen molar-refractivity contribution in [2.75, 3.05) is 33.9 Å². The lowest BCUT2D eigenvalue weighted by Gasteiger charge is -2.40. The van der Waals surface area contributed by atoms with Gasteiger partial charge in [-0.15, -0.1) is 0 Å². The van der Waals surface area contributed by atoms with E-state index in [0.29, 0.717) is 32.5 Å². The maximum absolute atomic E-state index is 13.8. The summed E-state index contributed by atoms with van der Waals surface area (Å²) in [5.74, 6) is -0.688. The zero-order valence-electron chi connectivity index (χ0n) is 17.5. The van der Waals surface area contributed by atoms with Crippen LogP contribution in [0.3, 0.4) is 0 Å². The van der Waals surface area contributed by atoms with Gasteiger partial charge in [-0.25, -0.2) is 4.79 Å². The maximum Gasteiger partial charge on any atom is 0.328 e. The van der Waals surface area contributed by atoms with Crippen molar-refractivity contribution >= 4 is 17.8 Å². The summed E-state index contributed by atoms with van der Waals surface area (Å²) in [5.41, 5.74) is 0.471. The van der Waals surface area contributed by atoms with E-state index >= 15 is 0 Å². The zero-order valence-corrected chi connectivity index (χ0v) is 17.5. The molecule has 2 amide bonds. The van der Waals surface area contributed by atoms with Crippen molar-refractivity contribution in [1.82, 2.24) is 15.1 Å². The second-order valence-electron chi connectivity index (χ2n) is 8.34. The number of esters is 1. The Balaban J connectivity index is 1.63. The molecule has 1 aliphatic carbocycles. The molecule has 0 aromatic heterocycles. The Morgan fingerprint density at radius 1 is 1.23 bits per heavy atom. The van der Waals surface area contributed by atoms with Gasteiger partial charge in [0.05, 0.1) is 18.8 Å². The summed E-state index contributed by atoms with van der Waals surface area (Å²) in [6.07, 6.45) is 2.17. The lowest BCUT2D eigenvalue weighted by Crippen LogP contribution is -2.63. The zero-order chi connectivity index (χ0) is 21.3. The van der Waals surface area contributed by atoms with E-state index in [1.54, 1.807) is 16.9 Å². The monoisotopic (exact) mass is 415 g/mol. The molecule has 0 radical (unpaired) electrons. The number of nitrogens with one attached hydrogen (secondary N) is 1. The molecule has 2 heterocycles. The van der Waals surface area contributed by atoms with Crippen LogP contribution in [-0.2, 0) is 30.3 Å². The predicted octanol–water partition coefficient (Wildman–Crippen LogP) is 0.351. The van der Waals surface area contributed by atoms with Gasteiger partial charge in [-0.05, 0) is 18.4 Å². The number of benzene rings is 1.